The number of carbonyl (C=O) groups is 1. The number of hydrogen-bond donors (Lipinski definition) is 1. The van der Waals surface area contributed by atoms with Gasteiger partial charge >= 0.3 is 5.97 Å². The van der Waals surface area contributed by atoms with Crippen LogP contribution < -0.4 is 0 Å². The van der Waals surface area contributed by atoms with Gasteiger partial charge in [0.25, 0.3) is 0 Å². The van der Waals surface area contributed by atoms with Crippen LogP contribution in [0.15, 0.2) is 27.8 Å². The monoisotopic (exact) mass is 320 g/mol. The van der Waals surface area contributed by atoms with Gasteiger partial charge in [-0.2, -0.15) is 9.78 Å². The number of rotatable bonds is 4. The fraction of sp³-hybridized carbons (Fsp3) is 0.385. The van der Waals surface area contributed by atoms with Gasteiger partial charge < -0.3 is 5.11 Å². The molecule has 0 saturated heterocycles. The second-order valence-electron chi connectivity index (χ2n) is 5.09. The van der Waals surface area contributed by atoms with Crippen LogP contribution in [0.4, 0.5) is 0 Å². The fourth-order valence-corrected chi connectivity index (χ4v) is 4.25. The maximum absolute atomic E-state index is 11.1. The lowest BCUT2D eigenvalue weighted by Crippen LogP contribution is -2.26. The summed E-state index contributed by atoms with van der Waals surface area (Å²) in [6, 6.07) is 3.93. The molecule has 1 fully saturated rings. The molecule has 0 aromatic carbocycles. The van der Waals surface area contributed by atoms with E-state index in [0.29, 0.717) is 11.1 Å². The van der Waals surface area contributed by atoms with Crippen LogP contribution in [-0.4, -0.2) is 36.9 Å². The first-order valence-electron chi connectivity index (χ1n) is 6.69. The largest absolute Gasteiger partial charge is 0.481 e. The van der Waals surface area contributed by atoms with Crippen molar-refractivity contribution in [2.75, 3.05) is 0 Å². The quantitative estimate of drug-likeness (QED) is 0.935. The van der Waals surface area contributed by atoms with Gasteiger partial charge in [0.05, 0.1) is 22.3 Å². The second kappa shape index (κ2) is 4.96. The van der Waals surface area contributed by atoms with Crippen LogP contribution in [0.25, 0.3) is 0 Å². The van der Waals surface area contributed by atoms with Crippen molar-refractivity contribution in [2.45, 2.75) is 35.6 Å². The Kier molecular flexibility index (Phi) is 3.07. The predicted octanol–water partition coefficient (Wildman–Crippen LogP) is 2.42. The van der Waals surface area contributed by atoms with Crippen LogP contribution in [0.3, 0.4) is 0 Å². The molecule has 3 heterocycles. The molecule has 21 heavy (non-hydrogen) atoms. The van der Waals surface area contributed by atoms with E-state index in [1.165, 1.54) is 11.8 Å². The maximum atomic E-state index is 11.1. The first-order chi connectivity index (χ1) is 10.2. The molecule has 1 aliphatic carbocycles. The summed E-state index contributed by atoms with van der Waals surface area (Å²) in [6.45, 7) is 0. The van der Waals surface area contributed by atoms with Gasteiger partial charge in [-0.15, -0.1) is 21.5 Å². The van der Waals surface area contributed by atoms with Crippen molar-refractivity contribution in [3.8, 4) is 0 Å². The van der Waals surface area contributed by atoms with Crippen LogP contribution >= 0.6 is 23.1 Å². The van der Waals surface area contributed by atoms with Crippen molar-refractivity contribution in [1.29, 1.82) is 0 Å². The molecule has 1 atom stereocenters. The average Bonchev–Trinajstić information content (AvgIpc) is 3.00. The van der Waals surface area contributed by atoms with E-state index in [2.05, 4.69) is 15.3 Å². The predicted molar refractivity (Wildman–Crippen MR) is 80.1 cm³/mol. The molecule has 1 saturated carbocycles. The molecule has 0 spiro atoms. The van der Waals surface area contributed by atoms with E-state index in [0.717, 1.165) is 29.3 Å². The third kappa shape index (κ3) is 2.38. The number of thiophene rings is 1. The summed E-state index contributed by atoms with van der Waals surface area (Å²) in [6.07, 6.45) is 2.30. The Morgan fingerprint density at radius 1 is 1.43 bits per heavy atom. The first-order valence-corrected chi connectivity index (χ1v) is 8.45. The minimum atomic E-state index is -0.827. The van der Waals surface area contributed by atoms with Gasteiger partial charge in [0.2, 0.25) is 5.16 Å². The summed E-state index contributed by atoms with van der Waals surface area (Å²) in [5.74, 6) is 0.531. The molecule has 8 heteroatoms. The van der Waals surface area contributed by atoms with E-state index >= 15 is 0 Å². The van der Waals surface area contributed by atoms with Crippen molar-refractivity contribution in [1.82, 2.24) is 14.9 Å². The Morgan fingerprint density at radius 2 is 2.29 bits per heavy atom. The first kappa shape index (κ1) is 13.0. The van der Waals surface area contributed by atoms with Gasteiger partial charge in [0.1, 0.15) is 0 Å². The summed E-state index contributed by atoms with van der Waals surface area (Å²) in [5, 5.41) is 24.7. The number of aromatic nitrogens is 3. The zero-order valence-corrected chi connectivity index (χ0v) is 12.6. The molecule has 0 radical (unpaired) electrons. The second-order valence-corrected chi connectivity index (χ2v) is 7.21. The maximum Gasteiger partial charge on any atom is 0.304 e. The molecule has 2 aromatic rings. The molecule has 0 amide bonds. The molecule has 108 valence electrons. The molecule has 1 N–H and O–H groups in total. The molecule has 0 bridgehead atoms. The summed E-state index contributed by atoms with van der Waals surface area (Å²) >= 11 is 3.02. The van der Waals surface area contributed by atoms with Crippen molar-refractivity contribution in [2.24, 2.45) is 5.10 Å². The van der Waals surface area contributed by atoms with Gasteiger partial charge in [-0.25, -0.2) is 0 Å². The summed E-state index contributed by atoms with van der Waals surface area (Å²) in [4.78, 5) is 12.1. The van der Waals surface area contributed by atoms with Crippen LogP contribution in [-0.2, 0) is 4.79 Å². The molecule has 2 aliphatic rings. The van der Waals surface area contributed by atoms with E-state index in [1.807, 2.05) is 17.5 Å². The Morgan fingerprint density at radius 3 is 2.95 bits per heavy atom. The number of thioether (sulfide) groups is 1. The number of nitrogens with zero attached hydrogens (tertiary/aromatic N) is 4. The number of carboxylic acids is 1. The van der Waals surface area contributed by atoms with E-state index in [1.54, 1.807) is 16.0 Å². The van der Waals surface area contributed by atoms with E-state index in [-0.39, 0.29) is 11.7 Å². The van der Waals surface area contributed by atoms with Gasteiger partial charge in [-0.1, -0.05) is 17.8 Å². The standard InChI is InChI=1S/C13H12N4O2S2/c18-10(19)6-9-11(8-2-1-5-20-8)16-17-12(7-3-4-7)14-15-13(17)21-9/h1-2,5,7,9H,3-4,6H2,(H,18,19). The highest BCUT2D eigenvalue weighted by molar-refractivity contribution is 8.00. The zero-order chi connectivity index (χ0) is 14.4. The third-order valence-electron chi connectivity index (χ3n) is 3.47. The lowest BCUT2D eigenvalue weighted by atomic mass is 10.1. The highest BCUT2D eigenvalue weighted by Crippen LogP contribution is 2.42. The highest BCUT2D eigenvalue weighted by Gasteiger charge is 2.35. The van der Waals surface area contributed by atoms with Gasteiger partial charge in [-0.3, -0.25) is 4.79 Å². The zero-order valence-electron chi connectivity index (χ0n) is 11.0. The molecule has 1 unspecified atom stereocenters. The molecule has 6 nitrogen and oxygen atoms in total. The fourth-order valence-electron chi connectivity index (χ4n) is 2.32. The van der Waals surface area contributed by atoms with E-state index in [4.69, 9.17) is 5.11 Å². The molecular weight excluding hydrogens is 308 g/mol. The molecule has 2 aromatic heterocycles. The number of hydrogen-bond acceptors (Lipinski definition) is 6. The third-order valence-corrected chi connectivity index (χ3v) is 5.50. The van der Waals surface area contributed by atoms with Crippen molar-refractivity contribution in [3.63, 3.8) is 0 Å². The summed E-state index contributed by atoms with van der Waals surface area (Å²) in [7, 11) is 0. The number of fused-ring (bicyclic) bond motifs is 1. The Hall–Kier alpha value is -1.67. The van der Waals surface area contributed by atoms with Gasteiger partial charge in [0.15, 0.2) is 5.82 Å². The van der Waals surface area contributed by atoms with Crippen molar-refractivity contribution >= 4 is 34.8 Å². The van der Waals surface area contributed by atoms with Crippen molar-refractivity contribution < 1.29 is 9.90 Å². The topological polar surface area (TPSA) is 80.4 Å². The van der Waals surface area contributed by atoms with Crippen LogP contribution in [0.2, 0.25) is 0 Å². The van der Waals surface area contributed by atoms with Crippen LogP contribution in [0, 0.1) is 0 Å². The minimum Gasteiger partial charge on any atom is -0.481 e. The number of aliphatic carboxylic acids is 1. The number of carboxylic acid groups (broad SMARTS) is 1. The summed E-state index contributed by atoms with van der Waals surface area (Å²) < 4.78 is 1.80. The lowest BCUT2D eigenvalue weighted by molar-refractivity contribution is -0.136. The van der Waals surface area contributed by atoms with Gasteiger partial charge in [-0.05, 0) is 24.3 Å². The minimum absolute atomic E-state index is 0.0347. The van der Waals surface area contributed by atoms with E-state index in [9.17, 15) is 4.79 Å². The molecular formula is C13H12N4O2S2. The Bertz CT molecular complexity index is 719. The molecule has 4 rings (SSSR count). The summed E-state index contributed by atoms with van der Waals surface area (Å²) in [5.41, 5.74) is 0.812. The van der Waals surface area contributed by atoms with Gasteiger partial charge in [0, 0.05) is 5.92 Å². The van der Waals surface area contributed by atoms with Crippen LogP contribution in [0.5, 0.6) is 0 Å². The average molecular weight is 320 g/mol. The smallest absolute Gasteiger partial charge is 0.304 e. The lowest BCUT2D eigenvalue weighted by Gasteiger charge is -2.20. The molecule has 1 aliphatic heterocycles. The SMILES string of the molecule is O=C(O)CC1Sc2nnc(C3CC3)n2N=C1c1cccs1. The van der Waals surface area contributed by atoms with Crippen molar-refractivity contribution in [3.05, 3.63) is 28.2 Å². The Labute approximate surface area is 128 Å². The Balaban J connectivity index is 1.78. The normalized spacial score (nSPS) is 21.0. The van der Waals surface area contributed by atoms with E-state index < -0.39 is 5.97 Å². The van der Waals surface area contributed by atoms with Crippen LogP contribution in [0.1, 0.15) is 35.9 Å². The highest BCUT2D eigenvalue weighted by atomic mass is 32.2.